The maximum atomic E-state index is 3.22. The number of rotatable bonds is 0. The van der Waals surface area contributed by atoms with Gasteiger partial charge in [-0.05, 0) is 0 Å². The van der Waals surface area contributed by atoms with E-state index in [0.717, 1.165) is 8.19 Å². The maximum Gasteiger partial charge on any atom is 2.00 e. The van der Waals surface area contributed by atoms with Gasteiger partial charge < -0.3 is 0 Å². The Balaban J connectivity index is 0.000000215. The minimum absolute atomic E-state index is 0. The molecule has 0 spiro atoms. The first-order chi connectivity index (χ1) is 5.80. The van der Waals surface area contributed by atoms with Crippen LogP contribution in [0.25, 0.3) is 0 Å². The molecule has 0 saturated carbocycles. The summed E-state index contributed by atoms with van der Waals surface area (Å²) < 4.78 is 0. The van der Waals surface area contributed by atoms with Crippen molar-refractivity contribution >= 4 is 8.19 Å². The van der Waals surface area contributed by atoms with Crippen LogP contribution in [0.3, 0.4) is 0 Å². The number of hydrogen-bond acceptors (Lipinski definition) is 0. The third-order valence-corrected chi connectivity index (χ3v) is 2.79. The summed E-state index contributed by atoms with van der Waals surface area (Å²) in [5.74, 6) is 5.44. The van der Waals surface area contributed by atoms with Gasteiger partial charge >= 0.3 is 21.7 Å². The largest absolute Gasteiger partial charge is 2.00 e. The summed E-state index contributed by atoms with van der Waals surface area (Å²) in [6, 6.07) is 10.0. The van der Waals surface area contributed by atoms with E-state index in [9.17, 15) is 0 Å². The van der Waals surface area contributed by atoms with Crippen LogP contribution in [0.15, 0.2) is 36.1 Å². The summed E-state index contributed by atoms with van der Waals surface area (Å²) in [7, 11) is 0.820. The van der Waals surface area contributed by atoms with Gasteiger partial charge in [0, 0.05) is 0 Å². The third-order valence-electron chi connectivity index (χ3n) is 1.70. The minimum Gasteiger partial charge on any atom is -0.271 e. The molecule has 1 aromatic heterocycles. The van der Waals surface area contributed by atoms with Crippen molar-refractivity contribution in [3.63, 3.8) is 0 Å². The smallest absolute Gasteiger partial charge is 0.271 e. The van der Waals surface area contributed by atoms with Crippen LogP contribution in [0.1, 0.15) is 11.1 Å². The molecule has 0 radical (unpaired) electrons. The fraction of sp³-hybridized carbons (Fsp3) is 0.182. The van der Waals surface area contributed by atoms with Gasteiger partial charge in [-0.2, -0.15) is 40.9 Å². The average molecular weight is 224 g/mol. The van der Waals surface area contributed by atoms with Crippen LogP contribution in [-0.2, 0) is 21.7 Å². The molecule has 0 nitrogen and oxygen atoms in total. The summed E-state index contributed by atoms with van der Waals surface area (Å²) in [5.41, 5.74) is 2.73. The molecule has 66 valence electrons. The Hall–Kier alpha value is -0.156. The van der Waals surface area contributed by atoms with Crippen LogP contribution in [0, 0.1) is 19.6 Å². The van der Waals surface area contributed by atoms with Crippen LogP contribution in [0.5, 0.6) is 0 Å². The monoisotopic (exact) mass is 224 g/mol. The first-order valence-electron chi connectivity index (χ1n) is 3.99. The Labute approximate surface area is 96.7 Å². The predicted octanol–water partition coefficient (Wildman–Crippen LogP) is 3.54. The Bertz CT molecular complexity index is 262. The minimum atomic E-state index is 0. The Morgan fingerprint density at radius 1 is 1.23 bits per heavy atom. The normalized spacial score (nSPS) is 8.77. The van der Waals surface area contributed by atoms with E-state index in [0.29, 0.717) is 0 Å². The van der Waals surface area contributed by atoms with Crippen molar-refractivity contribution in [2.24, 2.45) is 0 Å². The van der Waals surface area contributed by atoms with Crippen molar-refractivity contribution in [3.05, 3.63) is 53.1 Å². The fourth-order valence-electron chi connectivity index (χ4n) is 0.780. The molecule has 0 aliphatic rings. The molecule has 2 heteroatoms. The molecule has 1 atom stereocenters. The standard InChI is InChI=1S/C6H8P.C5H5.Ti/c1-5-3-7-4-6(5)2;1-2-4-5-3-1;/h3,7H,1-2H3;1-5H;/q2*-1;+2. The molecule has 2 aromatic rings. The van der Waals surface area contributed by atoms with E-state index in [1.165, 1.54) is 11.1 Å². The third kappa shape index (κ3) is 5.21. The Morgan fingerprint density at radius 3 is 2.00 bits per heavy atom. The quantitative estimate of drug-likeness (QED) is 0.474. The number of hydrogen-bond donors (Lipinski definition) is 0. The van der Waals surface area contributed by atoms with E-state index in [4.69, 9.17) is 0 Å². The molecule has 0 saturated heterocycles. The molecular formula is C11H13PTi. The first kappa shape index (κ1) is 12.8. The second-order valence-electron chi connectivity index (χ2n) is 2.68. The van der Waals surface area contributed by atoms with Gasteiger partial charge in [-0.3, -0.25) is 8.19 Å². The summed E-state index contributed by atoms with van der Waals surface area (Å²) in [6.45, 7) is 4.23. The van der Waals surface area contributed by atoms with Gasteiger partial charge in [0.05, 0.1) is 0 Å². The zero-order chi connectivity index (χ0) is 8.81. The molecule has 0 amide bonds. The van der Waals surface area contributed by atoms with Gasteiger partial charge in [0.25, 0.3) is 0 Å². The van der Waals surface area contributed by atoms with Crippen LogP contribution < -0.4 is 0 Å². The van der Waals surface area contributed by atoms with Crippen LogP contribution >= 0.6 is 8.19 Å². The molecule has 2 rings (SSSR count). The topological polar surface area (TPSA) is 0 Å². The number of aryl methyl sites for hydroxylation is 2. The predicted molar refractivity (Wildman–Crippen MR) is 56.3 cm³/mol. The van der Waals surface area contributed by atoms with Crippen LogP contribution in [0.2, 0.25) is 0 Å². The molecule has 1 unspecified atom stereocenters. The van der Waals surface area contributed by atoms with Gasteiger partial charge in [-0.15, -0.1) is 0 Å². The average Bonchev–Trinajstić information content (AvgIpc) is 2.67. The molecule has 1 aromatic carbocycles. The van der Waals surface area contributed by atoms with Crippen molar-refractivity contribution in [2.75, 3.05) is 0 Å². The molecule has 0 aliphatic carbocycles. The van der Waals surface area contributed by atoms with E-state index in [1.54, 1.807) is 0 Å². The van der Waals surface area contributed by atoms with Crippen LogP contribution in [-0.4, -0.2) is 0 Å². The van der Waals surface area contributed by atoms with E-state index in [-0.39, 0.29) is 21.7 Å². The summed E-state index contributed by atoms with van der Waals surface area (Å²) in [4.78, 5) is 0. The molecule has 0 N–H and O–H groups in total. The fourth-order valence-corrected chi connectivity index (χ4v) is 1.70. The summed E-state index contributed by atoms with van der Waals surface area (Å²) in [6.07, 6.45) is 0. The molecule has 0 bridgehead atoms. The second-order valence-corrected chi connectivity index (χ2v) is 3.51. The van der Waals surface area contributed by atoms with Crippen molar-refractivity contribution in [2.45, 2.75) is 13.8 Å². The van der Waals surface area contributed by atoms with E-state index >= 15 is 0 Å². The maximum absolute atomic E-state index is 3.22. The first-order valence-corrected chi connectivity index (χ1v) is 5.07. The molecule has 13 heavy (non-hydrogen) atoms. The van der Waals surface area contributed by atoms with Crippen molar-refractivity contribution in [1.29, 1.82) is 0 Å². The summed E-state index contributed by atoms with van der Waals surface area (Å²) in [5, 5.41) is 0. The van der Waals surface area contributed by atoms with Crippen molar-refractivity contribution in [1.82, 2.24) is 0 Å². The second kappa shape index (κ2) is 7.27. The van der Waals surface area contributed by atoms with Gasteiger partial charge in [0.2, 0.25) is 0 Å². The van der Waals surface area contributed by atoms with E-state index < -0.39 is 0 Å². The van der Waals surface area contributed by atoms with E-state index in [1.807, 2.05) is 30.3 Å². The van der Waals surface area contributed by atoms with Gasteiger partial charge in [0.1, 0.15) is 0 Å². The zero-order valence-corrected chi connectivity index (χ0v) is 10.5. The Kier molecular flexibility index (Phi) is 7.18. The SMILES string of the molecule is Cc1[c-][pH]cc1C.[Ti+2].c1cc[cH-]c1. The zero-order valence-electron chi connectivity index (χ0n) is 7.96. The molecule has 0 fully saturated rings. The molecule has 1 heterocycles. The van der Waals surface area contributed by atoms with E-state index in [2.05, 4.69) is 25.4 Å². The van der Waals surface area contributed by atoms with Gasteiger partial charge in [-0.25, -0.2) is 12.1 Å². The van der Waals surface area contributed by atoms with Crippen molar-refractivity contribution < 1.29 is 21.7 Å². The van der Waals surface area contributed by atoms with Gasteiger partial charge in [-0.1, -0.05) is 13.8 Å². The van der Waals surface area contributed by atoms with Gasteiger partial charge in [0.15, 0.2) is 0 Å². The summed E-state index contributed by atoms with van der Waals surface area (Å²) >= 11 is 0. The van der Waals surface area contributed by atoms with Crippen LogP contribution in [0.4, 0.5) is 0 Å². The molecule has 0 aliphatic heterocycles. The molecular weight excluding hydrogens is 211 g/mol. The van der Waals surface area contributed by atoms with Crippen molar-refractivity contribution in [3.8, 4) is 0 Å². The Morgan fingerprint density at radius 2 is 1.85 bits per heavy atom.